The summed E-state index contributed by atoms with van der Waals surface area (Å²) in [5.74, 6) is -0.770. The van der Waals surface area contributed by atoms with Gasteiger partial charge < -0.3 is 19.1 Å². The third kappa shape index (κ3) is 8.01. The van der Waals surface area contributed by atoms with Gasteiger partial charge in [0, 0.05) is 41.7 Å². The molecular formula is C40H32Cl2N6O6. The number of hydrogen-bond donors (Lipinski definition) is 0. The normalized spacial score (nSPS) is 16.8. The van der Waals surface area contributed by atoms with Crippen molar-refractivity contribution in [2.45, 2.75) is 24.9 Å². The van der Waals surface area contributed by atoms with E-state index in [0.717, 1.165) is 0 Å². The molecule has 6 aromatic rings. The smallest absolute Gasteiger partial charge is 0.338 e. The number of rotatable bonds is 10. The summed E-state index contributed by atoms with van der Waals surface area (Å²) in [6.45, 7) is -0.303. The monoisotopic (exact) mass is 762 g/mol. The van der Waals surface area contributed by atoms with Crippen molar-refractivity contribution >= 4 is 58.5 Å². The van der Waals surface area contributed by atoms with Crippen LogP contribution in [0.3, 0.4) is 0 Å². The van der Waals surface area contributed by atoms with Crippen LogP contribution in [0.4, 0.5) is 5.82 Å². The molecule has 1 aliphatic heterocycles. The Hall–Kier alpha value is -5.95. The molecule has 7 rings (SSSR count). The molecule has 1 aliphatic rings. The number of halogens is 2. The maximum Gasteiger partial charge on any atom is 0.338 e. The predicted octanol–water partition coefficient (Wildman–Crippen LogP) is 7.42. The van der Waals surface area contributed by atoms with Crippen LogP contribution >= 0.6 is 23.2 Å². The summed E-state index contributed by atoms with van der Waals surface area (Å²) in [6, 6.07) is 30.7. The number of aliphatic imine (C=N–C) groups is 1. The van der Waals surface area contributed by atoms with Crippen LogP contribution in [0.1, 0.15) is 33.4 Å². The number of carbonyl (C=O) groups is 2. The average Bonchev–Trinajstić information content (AvgIpc) is 3.58. The molecule has 0 unspecified atom stereocenters. The van der Waals surface area contributed by atoms with Crippen molar-refractivity contribution in [3.05, 3.63) is 141 Å². The van der Waals surface area contributed by atoms with Crippen LogP contribution in [0.5, 0.6) is 0 Å². The Balaban J connectivity index is 1.35. The molecule has 0 amide bonds. The lowest BCUT2D eigenvalue weighted by Gasteiger charge is -2.20. The number of benzene rings is 4. The number of carbonyl (C=O) groups excluding carboxylic acids is 2. The molecule has 0 saturated carbocycles. The Bertz CT molecular complexity index is 2390. The largest absolute Gasteiger partial charge is 0.459 e. The molecule has 3 heterocycles. The Kier molecular flexibility index (Phi) is 10.8. The van der Waals surface area contributed by atoms with Crippen molar-refractivity contribution in [2.24, 2.45) is 4.99 Å². The Morgan fingerprint density at radius 3 is 2.04 bits per heavy atom. The Morgan fingerprint density at radius 1 is 0.833 bits per heavy atom. The van der Waals surface area contributed by atoms with E-state index in [2.05, 4.69) is 4.99 Å². The van der Waals surface area contributed by atoms with Gasteiger partial charge in [-0.3, -0.25) is 9.36 Å². The standard InChI is InChI=1S/C40H32Cl2N6O6/c1-47(2)23-43-36-34-37(46-35(45-36)25-11-7-4-8-12-25)48(38(49)33(44-34)24-9-5-3-6-10-24)32-21-30(54-40(51)27-15-19-29(42)20-16-27)31(53-32)22-52-39(50)26-13-17-28(41)18-14-26/h3-20,23,30-32H,21-22H2,1-2H3/b43-23+/t30-,31+,32+/m0/s1. The zero-order chi connectivity index (χ0) is 37.8. The van der Waals surface area contributed by atoms with Gasteiger partial charge in [-0.15, -0.1) is 0 Å². The molecule has 3 atom stereocenters. The Labute approximate surface area is 319 Å². The minimum Gasteiger partial charge on any atom is -0.459 e. The second kappa shape index (κ2) is 16.0. The fourth-order valence-corrected chi connectivity index (χ4v) is 6.10. The van der Waals surface area contributed by atoms with Gasteiger partial charge in [-0.2, -0.15) is 0 Å². The lowest BCUT2D eigenvalue weighted by molar-refractivity contribution is -0.0569. The van der Waals surface area contributed by atoms with Crippen molar-refractivity contribution in [1.29, 1.82) is 0 Å². The third-order valence-corrected chi connectivity index (χ3v) is 8.98. The number of esters is 2. The van der Waals surface area contributed by atoms with Crippen molar-refractivity contribution < 1.29 is 23.8 Å². The molecule has 0 aliphatic carbocycles. The van der Waals surface area contributed by atoms with E-state index in [0.29, 0.717) is 27.0 Å². The summed E-state index contributed by atoms with van der Waals surface area (Å²) >= 11 is 12.1. The van der Waals surface area contributed by atoms with Gasteiger partial charge in [0.25, 0.3) is 5.56 Å². The highest BCUT2D eigenvalue weighted by Gasteiger charge is 2.42. The number of nitrogens with zero attached hydrogens (tertiary/aromatic N) is 6. The summed E-state index contributed by atoms with van der Waals surface area (Å²) in [5.41, 5.74) is 1.72. The van der Waals surface area contributed by atoms with Gasteiger partial charge in [0.2, 0.25) is 0 Å². The van der Waals surface area contributed by atoms with E-state index in [1.165, 1.54) is 16.7 Å². The third-order valence-electron chi connectivity index (χ3n) is 8.48. The second-order valence-electron chi connectivity index (χ2n) is 12.5. The van der Waals surface area contributed by atoms with Crippen molar-refractivity contribution in [2.75, 3.05) is 20.7 Å². The van der Waals surface area contributed by atoms with Gasteiger partial charge in [0.05, 0.1) is 17.5 Å². The van der Waals surface area contributed by atoms with Crippen molar-refractivity contribution in [3.8, 4) is 22.6 Å². The molecule has 0 N–H and O–H groups in total. The highest BCUT2D eigenvalue weighted by molar-refractivity contribution is 6.31. The van der Waals surface area contributed by atoms with E-state index < -0.39 is 35.9 Å². The van der Waals surface area contributed by atoms with Gasteiger partial charge in [-0.1, -0.05) is 83.9 Å². The van der Waals surface area contributed by atoms with E-state index in [4.69, 9.17) is 52.4 Å². The quantitative estimate of drug-likeness (QED) is 0.0788. The molecular weight excluding hydrogens is 731 g/mol. The van der Waals surface area contributed by atoms with Crippen LogP contribution in [0.2, 0.25) is 10.0 Å². The molecule has 0 bridgehead atoms. The fraction of sp³-hybridized carbons (Fsp3) is 0.175. The molecule has 12 nitrogen and oxygen atoms in total. The first-order valence-electron chi connectivity index (χ1n) is 16.8. The first-order chi connectivity index (χ1) is 26.1. The lowest BCUT2D eigenvalue weighted by atomic mass is 10.1. The van der Waals surface area contributed by atoms with Crippen LogP contribution in [0.25, 0.3) is 33.8 Å². The topological polar surface area (TPSA) is 138 Å². The summed E-state index contributed by atoms with van der Waals surface area (Å²) in [4.78, 5) is 62.0. The van der Waals surface area contributed by atoms with Gasteiger partial charge in [-0.05, 0) is 48.5 Å². The molecule has 0 radical (unpaired) electrons. The predicted molar refractivity (Wildman–Crippen MR) is 205 cm³/mol. The van der Waals surface area contributed by atoms with Crippen LogP contribution < -0.4 is 5.56 Å². The van der Waals surface area contributed by atoms with E-state index in [9.17, 15) is 14.4 Å². The van der Waals surface area contributed by atoms with Crippen LogP contribution in [0.15, 0.2) is 119 Å². The minimum atomic E-state index is -1.06. The molecule has 1 saturated heterocycles. The molecule has 14 heteroatoms. The van der Waals surface area contributed by atoms with Crippen LogP contribution in [-0.2, 0) is 14.2 Å². The highest BCUT2D eigenvalue weighted by atomic mass is 35.5. The lowest BCUT2D eigenvalue weighted by Crippen LogP contribution is -2.32. The summed E-state index contributed by atoms with van der Waals surface area (Å²) in [6.07, 6.45) is -1.43. The minimum absolute atomic E-state index is 0.00326. The van der Waals surface area contributed by atoms with Gasteiger partial charge in [0.15, 0.2) is 22.8 Å². The maximum absolute atomic E-state index is 14.7. The zero-order valence-corrected chi connectivity index (χ0v) is 30.5. The maximum atomic E-state index is 14.7. The first kappa shape index (κ1) is 36.4. The number of hydrogen-bond acceptors (Lipinski definition) is 10. The molecule has 54 heavy (non-hydrogen) atoms. The van der Waals surface area contributed by atoms with Gasteiger partial charge >= 0.3 is 11.9 Å². The second-order valence-corrected chi connectivity index (χ2v) is 13.4. The van der Waals surface area contributed by atoms with Crippen LogP contribution in [-0.4, -0.2) is 75.6 Å². The average molecular weight is 764 g/mol. The zero-order valence-electron chi connectivity index (χ0n) is 29.0. The van der Waals surface area contributed by atoms with E-state index in [-0.39, 0.29) is 46.8 Å². The number of fused-ring (bicyclic) bond motifs is 1. The number of aromatic nitrogens is 4. The van der Waals surface area contributed by atoms with Crippen LogP contribution in [0, 0.1) is 0 Å². The van der Waals surface area contributed by atoms with E-state index in [1.807, 2.05) is 50.5 Å². The summed E-state index contributed by atoms with van der Waals surface area (Å²) in [7, 11) is 3.64. The molecule has 4 aromatic carbocycles. The van der Waals surface area contributed by atoms with E-state index >= 15 is 0 Å². The molecule has 2 aromatic heterocycles. The molecule has 272 valence electrons. The fourth-order valence-electron chi connectivity index (χ4n) is 5.85. The molecule has 0 spiro atoms. The first-order valence-corrected chi connectivity index (χ1v) is 17.6. The molecule has 1 fully saturated rings. The SMILES string of the molecule is CN(C)/C=N/c1nc(-c2ccccc2)nc2c1nc(-c1ccccc1)c(=O)n2[C@H]1C[C@H](OC(=O)c2ccc(Cl)cc2)[C@@H](COC(=O)c2ccc(Cl)cc2)O1. The van der Waals surface area contributed by atoms with Crippen molar-refractivity contribution in [1.82, 2.24) is 24.4 Å². The highest BCUT2D eigenvalue weighted by Crippen LogP contribution is 2.35. The van der Waals surface area contributed by atoms with E-state index in [1.54, 1.807) is 71.9 Å². The van der Waals surface area contributed by atoms with Gasteiger partial charge in [0.1, 0.15) is 30.7 Å². The Morgan fingerprint density at radius 2 is 1.43 bits per heavy atom. The van der Waals surface area contributed by atoms with Gasteiger partial charge in [-0.25, -0.2) is 29.5 Å². The summed E-state index contributed by atoms with van der Waals surface area (Å²) in [5, 5.41) is 0.912. The van der Waals surface area contributed by atoms with Crippen molar-refractivity contribution in [3.63, 3.8) is 0 Å². The summed E-state index contributed by atoms with van der Waals surface area (Å²) < 4.78 is 19.6. The number of ether oxygens (including phenoxy) is 3.